The highest BCUT2D eigenvalue weighted by Gasteiger charge is 2.28. The van der Waals surface area contributed by atoms with Crippen LogP contribution in [0.1, 0.15) is 61.4 Å². The molecule has 0 atom stereocenters. The molecule has 0 aliphatic carbocycles. The summed E-state index contributed by atoms with van der Waals surface area (Å²) in [6.07, 6.45) is 9.54. The lowest BCUT2D eigenvalue weighted by molar-refractivity contribution is -0.112. The van der Waals surface area contributed by atoms with Gasteiger partial charge >= 0.3 is 0 Å². The Morgan fingerprint density at radius 1 is 1.17 bits per heavy atom. The molecule has 0 amide bonds. The number of carbonyl (C=O) groups is 1. The Bertz CT molecular complexity index is 1610. The second-order valence-corrected chi connectivity index (χ2v) is 13.2. The normalized spacial score (nSPS) is 18.5. The molecule has 256 valence electrons. The van der Waals surface area contributed by atoms with Crippen molar-refractivity contribution < 1.29 is 4.79 Å². The van der Waals surface area contributed by atoms with Crippen molar-refractivity contribution in [2.45, 2.75) is 59.7 Å². The molecule has 0 aromatic heterocycles. The van der Waals surface area contributed by atoms with Crippen molar-refractivity contribution in [3.05, 3.63) is 106 Å². The number of carbonyl (C=O) groups excluding carboxylic acids is 1. The first kappa shape index (κ1) is 36.4. The Morgan fingerprint density at radius 2 is 1.90 bits per heavy atom. The van der Waals surface area contributed by atoms with Gasteiger partial charge < -0.3 is 26.2 Å². The predicted octanol–water partition coefficient (Wildman–Crippen LogP) is 5.51. The Balaban J connectivity index is 0.000000508. The van der Waals surface area contributed by atoms with Crippen LogP contribution < -0.4 is 16.4 Å². The molecular weight excluding hydrogens is 596 g/mol. The molecule has 0 bridgehead atoms. The zero-order valence-corrected chi connectivity index (χ0v) is 29.9. The van der Waals surface area contributed by atoms with Gasteiger partial charge in [-0.25, -0.2) is 4.99 Å². The number of allylic oxidation sites excluding steroid dienone is 3. The summed E-state index contributed by atoms with van der Waals surface area (Å²) in [7, 11) is 5.95. The van der Waals surface area contributed by atoms with Crippen molar-refractivity contribution in [2.24, 2.45) is 21.6 Å². The van der Waals surface area contributed by atoms with E-state index in [9.17, 15) is 4.79 Å². The zero-order chi connectivity index (χ0) is 34.8. The van der Waals surface area contributed by atoms with Gasteiger partial charge in [0.25, 0.3) is 0 Å². The third-order valence-electron chi connectivity index (χ3n) is 8.75. The van der Waals surface area contributed by atoms with E-state index in [1.54, 1.807) is 13.0 Å². The van der Waals surface area contributed by atoms with E-state index in [1.807, 2.05) is 38.2 Å². The number of hydrogen-bond donors (Lipinski definition) is 3. The molecule has 3 heterocycles. The van der Waals surface area contributed by atoms with Crippen LogP contribution in [0.25, 0.3) is 11.8 Å². The highest BCUT2D eigenvalue weighted by molar-refractivity contribution is 5.99. The number of nitrogens with two attached hydrogens (primary N) is 1. The number of fused-ring (bicyclic) bond motifs is 1. The van der Waals surface area contributed by atoms with Gasteiger partial charge in [0, 0.05) is 50.5 Å². The summed E-state index contributed by atoms with van der Waals surface area (Å²) in [5.41, 5.74) is 14.7. The lowest BCUT2D eigenvalue weighted by Crippen LogP contribution is -2.53. The monoisotopic (exact) mass is 650 g/mol. The minimum Gasteiger partial charge on any atom is -0.380 e. The van der Waals surface area contributed by atoms with E-state index in [2.05, 4.69) is 96.3 Å². The summed E-state index contributed by atoms with van der Waals surface area (Å²) >= 11 is 0. The predicted molar refractivity (Wildman–Crippen MR) is 201 cm³/mol. The summed E-state index contributed by atoms with van der Waals surface area (Å²) in [4.78, 5) is 26.7. The van der Waals surface area contributed by atoms with Gasteiger partial charge in [0.2, 0.25) is 11.9 Å². The Kier molecular flexibility index (Phi) is 12.9. The van der Waals surface area contributed by atoms with Gasteiger partial charge in [-0.1, -0.05) is 75.0 Å². The molecule has 3 aliphatic heterocycles. The number of piperidine rings is 1. The van der Waals surface area contributed by atoms with Gasteiger partial charge in [0.1, 0.15) is 5.82 Å². The first-order chi connectivity index (χ1) is 23.0. The molecule has 2 aromatic carbocycles. The second kappa shape index (κ2) is 17.1. The van der Waals surface area contributed by atoms with Gasteiger partial charge in [-0.15, -0.1) is 0 Å². The number of benzene rings is 2. The Labute approximate surface area is 287 Å². The largest absolute Gasteiger partial charge is 0.380 e. The molecule has 1 fully saturated rings. The van der Waals surface area contributed by atoms with Crippen molar-refractivity contribution in [1.29, 1.82) is 0 Å². The number of likely N-dealkylation sites (N-methyl/N-ethyl adjacent to an activating group) is 1. The van der Waals surface area contributed by atoms with Crippen molar-refractivity contribution >= 4 is 29.5 Å². The van der Waals surface area contributed by atoms with Crippen LogP contribution in [-0.4, -0.2) is 79.2 Å². The average Bonchev–Trinajstić information content (AvgIpc) is 3.05. The molecule has 2 aromatic rings. The molecule has 9 heteroatoms. The van der Waals surface area contributed by atoms with Crippen LogP contribution in [-0.2, 0) is 17.9 Å². The molecule has 48 heavy (non-hydrogen) atoms. The molecule has 0 spiro atoms. The third-order valence-corrected chi connectivity index (χ3v) is 8.75. The summed E-state index contributed by atoms with van der Waals surface area (Å²) in [6.45, 7) is 16.1. The number of rotatable bonds is 8. The minimum absolute atomic E-state index is 0.108. The van der Waals surface area contributed by atoms with Crippen LogP contribution in [0.5, 0.6) is 0 Å². The molecule has 1 saturated heterocycles. The first-order valence-electron chi connectivity index (χ1n) is 16.9. The standard InChI is InChI=1S/C32H41N7.C7H13NO/c1-6-26(21(2)3)30-36-32(39-16-14-25(33)15-17-39)37-31(38(30)5)35-19-24-11-7-8-13-27(24)29-18-23-12-9-10-22(4)28(23)20-34-29;1-7(9)5-4-6-8(2)3/h6-13,18,21,25,34H,1,14-17,19-20,33H2,2-5H3,(H,35,36,37);4-5H,6H2,1-3H3/b30-26+;5-4+. The lowest BCUT2D eigenvalue weighted by Gasteiger charge is -2.38. The molecule has 5 rings (SSSR count). The van der Waals surface area contributed by atoms with Crippen molar-refractivity contribution in [3.8, 4) is 0 Å². The average molecular weight is 651 g/mol. The maximum atomic E-state index is 10.3. The molecule has 9 nitrogen and oxygen atoms in total. The molecule has 4 N–H and O–H groups in total. The summed E-state index contributed by atoms with van der Waals surface area (Å²) in [5.74, 6) is 2.92. The maximum absolute atomic E-state index is 10.3. The fraction of sp³-hybridized carbons (Fsp3) is 0.410. The Morgan fingerprint density at radius 3 is 2.56 bits per heavy atom. The molecule has 3 aliphatic rings. The van der Waals surface area contributed by atoms with Gasteiger partial charge in [0.15, 0.2) is 5.78 Å². The maximum Gasteiger partial charge on any atom is 0.229 e. The van der Waals surface area contributed by atoms with Crippen LogP contribution in [0, 0.1) is 12.8 Å². The van der Waals surface area contributed by atoms with Crippen molar-refractivity contribution in [3.63, 3.8) is 0 Å². The quantitative estimate of drug-likeness (QED) is 0.324. The summed E-state index contributed by atoms with van der Waals surface area (Å²) in [6, 6.07) is 15.3. The van der Waals surface area contributed by atoms with Gasteiger partial charge in [-0.3, -0.25) is 9.69 Å². The van der Waals surface area contributed by atoms with Gasteiger partial charge in [-0.2, -0.15) is 4.99 Å². The SMILES string of the molecule is C=C/C(=C1/NC(N2CCC(N)CC2)=NC(=NCc2ccccc2C2=Cc3cccc(C)c3CN2)N1C)C(C)C.CC(=O)/C=C/CN(C)C. The van der Waals surface area contributed by atoms with Crippen molar-refractivity contribution in [1.82, 2.24) is 25.3 Å². The molecular formula is C39H54N8O. The van der Waals surface area contributed by atoms with Crippen molar-refractivity contribution in [2.75, 3.05) is 40.8 Å². The fourth-order valence-electron chi connectivity index (χ4n) is 5.93. The van der Waals surface area contributed by atoms with E-state index in [0.717, 1.165) is 67.6 Å². The highest BCUT2D eigenvalue weighted by Crippen LogP contribution is 2.28. The van der Waals surface area contributed by atoms with Crippen LogP contribution >= 0.6 is 0 Å². The molecule has 0 saturated carbocycles. The molecule has 0 radical (unpaired) electrons. The smallest absolute Gasteiger partial charge is 0.229 e. The van der Waals surface area contributed by atoms with Gasteiger partial charge in [0.05, 0.1) is 6.54 Å². The first-order valence-corrected chi connectivity index (χ1v) is 16.9. The van der Waals surface area contributed by atoms with E-state index in [4.69, 9.17) is 15.7 Å². The Hall–Kier alpha value is -4.47. The number of ketones is 1. The fourth-order valence-corrected chi connectivity index (χ4v) is 5.93. The number of nitrogens with zero attached hydrogens (tertiary/aromatic N) is 5. The van der Waals surface area contributed by atoms with E-state index in [1.165, 1.54) is 22.3 Å². The van der Waals surface area contributed by atoms with E-state index >= 15 is 0 Å². The topological polar surface area (TPSA) is 102 Å². The highest BCUT2D eigenvalue weighted by atomic mass is 16.1. The zero-order valence-electron chi connectivity index (χ0n) is 29.9. The number of guanidine groups is 2. The molecule has 0 unspecified atom stereocenters. The van der Waals surface area contributed by atoms with Crippen LogP contribution in [0.15, 0.2) is 88.7 Å². The minimum atomic E-state index is 0.108. The van der Waals surface area contributed by atoms with E-state index in [0.29, 0.717) is 18.4 Å². The van der Waals surface area contributed by atoms with Crippen LogP contribution in [0.3, 0.4) is 0 Å². The number of aliphatic imine (C=N–C) groups is 2. The third kappa shape index (κ3) is 9.55. The van der Waals surface area contributed by atoms with Crippen LogP contribution in [0.2, 0.25) is 0 Å². The summed E-state index contributed by atoms with van der Waals surface area (Å²) in [5, 5.41) is 7.24. The van der Waals surface area contributed by atoms with Crippen LogP contribution in [0.4, 0.5) is 0 Å². The number of aryl methyl sites for hydroxylation is 1. The number of hydrogen-bond acceptors (Lipinski definition) is 7. The van der Waals surface area contributed by atoms with E-state index in [-0.39, 0.29) is 11.8 Å². The summed E-state index contributed by atoms with van der Waals surface area (Å²) < 4.78 is 0. The number of nitrogens with one attached hydrogen (secondary N) is 2. The number of likely N-dealkylation sites (tertiary alicyclic amines) is 1. The lowest BCUT2D eigenvalue weighted by atomic mass is 9.95. The van der Waals surface area contributed by atoms with E-state index < -0.39 is 0 Å². The second-order valence-electron chi connectivity index (χ2n) is 13.2. The van der Waals surface area contributed by atoms with Gasteiger partial charge in [-0.05, 0) is 86.7 Å².